The predicted molar refractivity (Wildman–Crippen MR) is 101 cm³/mol. The van der Waals surface area contributed by atoms with Gasteiger partial charge in [0.1, 0.15) is 5.60 Å². The Morgan fingerprint density at radius 2 is 1.83 bits per heavy atom. The Kier molecular flexibility index (Phi) is 6.55. The van der Waals surface area contributed by atoms with Crippen LogP contribution in [0.4, 0.5) is 4.79 Å². The van der Waals surface area contributed by atoms with Crippen LogP contribution in [0.5, 0.6) is 0 Å². The fourth-order valence-corrected chi connectivity index (χ4v) is 3.96. The Morgan fingerprint density at radius 3 is 2.39 bits per heavy atom. The first kappa shape index (κ1) is 18.8. The molecule has 0 radical (unpaired) electrons. The number of nitrogens with zero attached hydrogens (tertiary/aromatic N) is 1. The van der Waals surface area contributed by atoms with Crippen LogP contribution in [-0.4, -0.2) is 32.3 Å². The minimum Gasteiger partial charge on any atom is -0.444 e. The summed E-state index contributed by atoms with van der Waals surface area (Å²) in [6.45, 7) is 6.32. The van der Waals surface area contributed by atoms with Crippen LogP contribution in [0, 0.1) is 0 Å². The average Bonchev–Trinajstić information content (AvgIpc) is 2.47. The van der Waals surface area contributed by atoms with E-state index in [0.717, 1.165) is 24.8 Å². The maximum atomic E-state index is 12.7. The van der Waals surface area contributed by atoms with Gasteiger partial charge in [0, 0.05) is 22.2 Å². The van der Waals surface area contributed by atoms with Crippen molar-refractivity contribution < 1.29 is 9.53 Å². The highest BCUT2D eigenvalue weighted by atomic mass is 79.9. The van der Waals surface area contributed by atoms with Crippen molar-refractivity contribution in [2.24, 2.45) is 0 Å². The van der Waals surface area contributed by atoms with Crippen LogP contribution >= 0.6 is 31.9 Å². The Labute approximate surface area is 156 Å². The van der Waals surface area contributed by atoms with E-state index in [-0.39, 0.29) is 12.1 Å². The van der Waals surface area contributed by atoms with Crippen LogP contribution < -0.4 is 0 Å². The molecule has 0 bridgehead atoms. The van der Waals surface area contributed by atoms with E-state index in [9.17, 15) is 4.79 Å². The Hall–Kier alpha value is -0.550. The molecule has 1 fully saturated rings. The van der Waals surface area contributed by atoms with Crippen molar-refractivity contribution in [1.82, 2.24) is 4.90 Å². The van der Waals surface area contributed by atoms with Gasteiger partial charge in [-0.25, -0.2) is 4.79 Å². The summed E-state index contributed by atoms with van der Waals surface area (Å²) in [5, 5.41) is 0. The lowest BCUT2D eigenvalue weighted by molar-refractivity contribution is 0.0105. The average molecular weight is 447 g/mol. The van der Waals surface area contributed by atoms with E-state index < -0.39 is 5.60 Å². The van der Waals surface area contributed by atoms with Gasteiger partial charge in [0.05, 0.1) is 0 Å². The van der Waals surface area contributed by atoms with Crippen molar-refractivity contribution in [3.05, 3.63) is 35.9 Å². The molecule has 0 unspecified atom stereocenters. The van der Waals surface area contributed by atoms with E-state index >= 15 is 0 Å². The van der Waals surface area contributed by atoms with Crippen molar-refractivity contribution >= 4 is 38.0 Å². The lowest BCUT2D eigenvalue weighted by atomic mass is 9.93. The quantitative estimate of drug-likeness (QED) is 0.573. The van der Waals surface area contributed by atoms with Crippen molar-refractivity contribution in [2.45, 2.75) is 67.9 Å². The molecule has 3 nitrogen and oxygen atoms in total. The predicted octanol–water partition coefficient (Wildman–Crippen LogP) is 5.50. The van der Waals surface area contributed by atoms with E-state index in [1.165, 1.54) is 0 Å². The SMILES string of the molecule is CC(C)(C)OC(=O)N(Cc1ccccc1)[C@@H]1CC[C@H](Br)[C@@H](Br)C1. The number of hydrogen-bond donors (Lipinski definition) is 0. The second kappa shape index (κ2) is 8.02. The zero-order valence-electron chi connectivity index (χ0n) is 14.0. The third kappa shape index (κ3) is 5.79. The highest BCUT2D eigenvalue weighted by Crippen LogP contribution is 2.33. The summed E-state index contributed by atoms with van der Waals surface area (Å²) < 4.78 is 5.65. The van der Waals surface area contributed by atoms with Gasteiger partial charge >= 0.3 is 6.09 Å². The van der Waals surface area contributed by atoms with E-state index in [1.54, 1.807) is 0 Å². The van der Waals surface area contributed by atoms with Crippen molar-refractivity contribution in [3.63, 3.8) is 0 Å². The molecule has 0 spiro atoms. The number of benzene rings is 1. The molecule has 0 saturated heterocycles. The number of rotatable bonds is 3. The molecule has 1 aliphatic rings. The van der Waals surface area contributed by atoms with Crippen molar-refractivity contribution in [3.8, 4) is 0 Å². The molecule has 5 heteroatoms. The number of amides is 1. The summed E-state index contributed by atoms with van der Waals surface area (Å²) >= 11 is 7.43. The smallest absolute Gasteiger partial charge is 0.410 e. The molecule has 0 N–H and O–H groups in total. The molecule has 3 atom stereocenters. The minimum atomic E-state index is -0.480. The molecular formula is C18H25Br2NO2. The zero-order chi connectivity index (χ0) is 17.0. The van der Waals surface area contributed by atoms with Crippen molar-refractivity contribution in [2.75, 3.05) is 0 Å². The van der Waals surface area contributed by atoms with E-state index in [1.807, 2.05) is 43.9 Å². The maximum Gasteiger partial charge on any atom is 0.410 e. The maximum absolute atomic E-state index is 12.7. The lowest BCUT2D eigenvalue weighted by Crippen LogP contribution is -2.46. The topological polar surface area (TPSA) is 29.5 Å². The summed E-state index contributed by atoms with van der Waals surface area (Å²) in [7, 11) is 0. The van der Waals surface area contributed by atoms with Crippen LogP contribution in [0.25, 0.3) is 0 Å². The highest BCUT2D eigenvalue weighted by Gasteiger charge is 2.34. The first-order chi connectivity index (χ1) is 10.8. The van der Waals surface area contributed by atoms with Gasteiger partial charge in [0.25, 0.3) is 0 Å². The number of hydrogen-bond acceptors (Lipinski definition) is 2. The van der Waals surface area contributed by atoms with Gasteiger partial charge in [-0.15, -0.1) is 0 Å². The van der Waals surface area contributed by atoms with Gasteiger partial charge in [0.15, 0.2) is 0 Å². The normalized spacial score (nSPS) is 25.0. The fraction of sp³-hybridized carbons (Fsp3) is 0.611. The highest BCUT2D eigenvalue weighted by molar-refractivity contribution is 9.12. The third-order valence-corrected chi connectivity index (χ3v) is 6.75. The van der Waals surface area contributed by atoms with E-state index in [0.29, 0.717) is 16.2 Å². The number of ether oxygens (including phenoxy) is 1. The van der Waals surface area contributed by atoms with Crippen LogP contribution in [-0.2, 0) is 11.3 Å². The molecule has 23 heavy (non-hydrogen) atoms. The monoisotopic (exact) mass is 445 g/mol. The van der Waals surface area contributed by atoms with Gasteiger partial charge in [0.2, 0.25) is 0 Å². The molecule has 1 aromatic rings. The second-order valence-corrected chi connectivity index (χ2v) is 9.44. The largest absolute Gasteiger partial charge is 0.444 e. The molecule has 128 valence electrons. The molecule has 1 saturated carbocycles. The Morgan fingerprint density at radius 1 is 1.17 bits per heavy atom. The molecule has 1 amide bonds. The first-order valence-electron chi connectivity index (χ1n) is 8.08. The second-order valence-electron chi connectivity index (χ2n) is 7.09. The molecule has 1 aromatic carbocycles. The molecule has 0 aromatic heterocycles. The van der Waals surface area contributed by atoms with Crippen LogP contribution in [0.2, 0.25) is 0 Å². The van der Waals surface area contributed by atoms with Gasteiger partial charge in [-0.1, -0.05) is 62.2 Å². The number of carbonyl (C=O) groups is 1. The number of alkyl halides is 2. The zero-order valence-corrected chi connectivity index (χ0v) is 17.1. The van der Waals surface area contributed by atoms with Crippen LogP contribution in [0.1, 0.15) is 45.6 Å². The molecule has 0 aliphatic heterocycles. The minimum absolute atomic E-state index is 0.197. The van der Waals surface area contributed by atoms with E-state index in [4.69, 9.17) is 4.74 Å². The summed E-state index contributed by atoms with van der Waals surface area (Å²) in [5.41, 5.74) is 0.650. The Bertz CT molecular complexity index is 516. The lowest BCUT2D eigenvalue weighted by Gasteiger charge is -2.38. The third-order valence-electron chi connectivity index (χ3n) is 3.93. The van der Waals surface area contributed by atoms with Crippen LogP contribution in [0.15, 0.2) is 30.3 Å². The standard InChI is InChI=1S/C18H25Br2NO2/c1-18(2,3)23-17(22)21(12-13-7-5-4-6-8-13)14-9-10-15(19)16(20)11-14/h4-8,14-16H,9-12H2,1-3H3/t14-,15+,16+/m1/s1. The first-order valence-corrected chi connectivity index (χ1v) is 9.91. The molecule has 0 heterocycles. The summed E-state index contributed by atoms with van der Waals surface area (Å²) in [5.74, 6) is 0. The molecular weight excluding hydrogens is 422 g/mol. The Balaban J connectivity index is 2.15. The number of halogens is 2. The van der Waals surface area contributed by atoms with E-state index in [2.05, 4.69) is 44.0 Å². The molecule has 1 aliphatic carbocycles. The van der Waals surface area contributed by atoms with Gasteiger partial charge in [-0.2, -0.15) is 0 Å². The van der Waals surface area contributed by atoms with Gasteiger partial charge in [-0.3, -0.25) is 0 Å². The molecule has 2 rings (SSSR count). The summed E-state index contributed by atoms with van der Waals surface area (Å²) in [4.78, 5) is 15.5. The summed E-state index contributed by atoms with van der Waals surface area (Å²) in [6, 6.07) is 10.3. The van der Waals surface area contributed by atoms with Gasteiger partial charge in [-0.05, 0) is 45.6 Å². The fourth-order valence-electron chi connectivity index (χ4n) is 2.78. The summed E-state index contributed by atoms with van der Waals surface area (Å²) in [6.07, 6.45) is 2.75. The number of carbonyl (C=O) groups excluding carboxylic acids is 1. The van der Waals surface area contributed by atoms with Crippen molar-refractivity contribution in [1.29, 1.82) is 0 Å². The van der Waals surface area contributed by atoms with Gasteiger partial charge < -0.3 is 9.64 Å². The van der Waals surface area contributed by atoms with Crippen LogP contribution in [0.3, 0.4) is 0 Å².